The minimum atomic E-state index is -0.374. The van der Waals surface area contributed by atoms with Gasteiger partial charge in [-0.3, -0.25) is 9.48 Å². The van der Waals surface area contributed by atoms with E-state index < -0.39 is 0 Å². The topological polar surface area (TPSA) is 72.9 Å². The summed E-state index contributed by atoms with van der Waals surface area (Å²) in [4.78, 5) is 12.4. The predicted octanol–water partition coefficient (Wildman–Crippen LogP) is 1.56. The Morgan fingerprint density at radius 1 is 1.50 bits per heavy atom. The molecule has 1 saturated carbocycles. The van der Waals surface area contributed by atoms with Crippen molar-refractivity contribution in [2.24, 2.45) is 18.7 Å². The third-order valence-corrected chi connectivity index (χ3v) is 4.67. The Balaban J connectivity index is 2.01. The Labute approximate surface area is 120 Å². The Morgan fingerprint density at radius 3 is 2.75 bits per heavy atom. The summed E-state index contributed by atoms with van der Waals surface area (Å²) >= 11 is 0. The van der Waals surface area contributed by atoms with Gasteiger partial charge in [-0.2, -0.15) is 5.10 Å². The highest BCUT2D eigenvalue weighted by molar-refractivity contribution is 5.80. The minimum absolute atomic E-state index is 0.0754. The van der Waals surface area contributed by atoms with Crippen LogP contribution in [0.2, 0.25) is 0 Å². The quantitative estimate of drug-likeness (QED) is 0.881. The molecule has 5 heteroatoms. The van der Waals surface area contributed by atoms with Crippen molar-refractivity contribution in [3.05, 3.63) is 17.0 Å². The molecule has 0 aliphatic heterocycles. The standard InChI is InChI=1S/C15H26N4O/c1-10-12(11(2)19(4)18-10)9-17-14(20)13-7-5-6-8-15(13,3)16/h13H,5-9,16H2,1-4H3,(H,17,20). The highest BCUT2D eigenvalue weighted by Gasteiger charge is 2.37. The highest BCUT2D eigenvalue weighted by atomic mass is 16.1. The van der Waals surface area contributed by atoms with Crippen molar-refractivity contribution in [1.29, 1.82) is 0 Å². The summed E-state index contributed by atoms with van der Waals surface area (Å²) in [5.74, 6) is 0.00545. The second-order valence-electron chi connectivity index (χ2n) is 6.29. The van der Waals surface area contributed by atoms with E-state index in [0.717, 1.165) is 42.6 Å². The molecule has 1 aromatic rings. The van der Waals surface area contributed by atoms with Crippen molar-refractivity contribution in [2.45, 2.75) is 58.5 Å². The first kappa shape index (κ1) is 15.0. The molecule has 2 rings (SSSR count). The van der Waals surface area contributed by atoms with Gasteiger partial charge in [0.15, 0.2) is 0 Å². The van der Waals surface area contributed by atoms with Gasteiger partial charge >= 0.3 is 0 Å². The van der Waals surface area contributed by atoms with Crippen LogP contribution >= 0.6 is 0 Å². The van der Waals surface area contributed by atoms with E-state index in [-0.39, 0.29) is 17.4 Å². The van der Waals surface area contributed by atoms with Crippen LogP contribution in [0, 0.1) is 19.8 Å². The van der Waals surface area contributed by atoms with Crippen LogP contribution in [0.4, 0.5) is 0 Å². The monoisotopic (exact) mass is 278 g/mol. The number of rotatable bonds is 3. The molecule has 2 unspecified atom stereocenters. The number of carbonyl (C=O) groups is 1. The van der Waals surface area contributed by atoms with Crippen LogP contribution in [0.1, 0.15) is 49.6 Å². The molecule has 1 fully saturated rings. The smallest absolute Gasteiger partial charge is 0.225 e. The molecule has 1 heterocycles. The van der Waals surface area contributed by atoms with E-state index in [2.05, 4.69) is 10.4 Å². The molecular formula is C15H26N4O. The lowest BCUT2D eigenvalue weighted by Crippen LogP contribution is -2.52. The summed E-state index contributed by atoms with van der Waals surface area (Å²) in [6, 6.07) is 0. The first-order chi connectivity index (χ1) is 9.33. The van der Waals surface area contributed by atoms with E-state index >= 15 is 0 Å². The number of nitrogens with two attached hydrogens (primary N) is 1. The molecule has 0 aromatic carbocycles. The van der Waals surface area contributed by atoms with E-state index in [1.54, 1.807) is 0 Å². The Kier molecular flexibility index (Phi) is 4.18. The number of aryl methyl sites for hydroxylation is 2. The zero-order valence-corrected chi connectivity index (χ0v) is 13.0. The first-order valence-electron chi connectivity index (χ1n) is 7.38. The predicted molar refractivity (Wildman–Crippen MR) is 79.1 cm³/mol. The van der Waals surface area contributed by atoms with E-state index in [1.807, 2.05) is 32.5 Å². The van der Waals surface area contributed by atoms with Crippen molar-refractivity contribution >= 4 is 5.91 Å². The van der Waals surface area contributed by atoms with Crippen LogP contribution in [-0.4, -0.2) is 21.2 Å². The van der Waals surface area contributed by atoms with Crippen LogP contribution in [0.5, 0.6) is 0 Å². The Morgan fingerprint density at radius 2 is 2.20 bits per heavy atom. The summed E-state index contributed by atoms with van der Waals surface area (Å²) in [6.45, 7) is 6.53. The molecule has 0 bridgehead atoms. The van der Waals surface area contributed by atoms with Crippen molar-refractivity contribution in [1.82, 2.24) is 15.1 Å². The van der Waals surface area contributed by atoms with Crippen molar-refractivity contribution in [3.8, 4) is 0 Å². The molecule has 112 valence electrons. The fraction of sp³-hybridized carbons (Fsp3) is 0.733. The van der Waals surface area contributed by atoms with Crippen LogP contribution in [0.25, 0.3) is 0 Å². The van der Waals surface area contributed by atoms with Gasteiger partial charge in [0.2, 0.25) is 5.91 Å². The lowest BCUT2D eigenvalue weighted by molar-refractivity contribution is -0.128. The minimum Gasteiger partial charge on any atom is -0.352 e. The number of hydrogen-bond acceptors (Lipinski definition) is 3. The fourth-order valence-corrected chi connectivity index (χ4v) is 3.16. The number of hydrogen-bond donors (Lipinski definition) is 2. The van der Waals surface area contributed by atoms with E-state index in [0.29, 0.717) is 6.54 Å². The number of nitrogens with one attached hydrogen (secondary N) is 1. The van der Waals surface area contributed by atoms with Gasteiger partial charge in [-0.25, -0.2) is 0 Å². The zero-order valence-electron chi connectivity index (χ0n) is 13.0. The second-order valence-corrected chi connectivity index (χ2v) is 6.29. The SMILES string of the molecule is Cc1nn(C)c(C)c1CNC(=O)C1CCCCC1(C)N. The molecule has 1 aliphatic carbocycles. The maximum absolute atomic E-state index is 12.4. The average molecular weight is 278 g/mol. The summed E-state index contributed by atoms with van der Waals surface area (Å²) < 4.78 is 1.85. The zero-order chi connectivity index (χ0) is 14.9. The van der Waals surface area contributed by atoms with Gasteiger partial charge in [0.25, 0.3) is 0 Å². The molecule has 0 spiro atoms. The van der Waals surface area contributed by atoms with Crippen molar-refractivity contribution in [2.75, 3.05) is 0 Å². The first-order valence-corrected chi connectivity index (χ1v) is 7.38. The van der Waals surface area contributed by atoms with Gasteiger partial charge in [0.1, 0.15) is 0 Å². The van der Waals surface area contributed by atoms with Gasteiger partial charge in [-0.15, -0.1) is 0 Å². The van der Waals surface area contributed by atoms with Gasteiger partial charge in [0, 0.05) is 30.4 Å². The number of nitrogens with zero attached hydrogens (tertiary/aromatic N) is 2. The van der Waals surface area contributed by atoms with Gasteiger partial charge in [-0.1, -0.05) is 12.8 Å². The third kappa shape index (κ3) is 2.87. The molecule has 0 radical (unpaired) electrons. The summed E-state index contributed by atoms with van der Waals surface area (Å²) in [5, 5.41) is 7.42. The van der Waals surface area contributed by atoms with Gasteiger partial charge in [0.05, 0.1) is 11.6 Å². The van der Waals surface area contributed by atoms with Crippen LogP contribution in [0.15, 0.2) is 0 Å². The van der Waals surface area contributed by atoms with E-state index in [4.69, 9.17) is 5.73 Å². The molecule has 1 aromatic heterocycles. The van der Waals surface area contributed by atoms with E-state index in [9.17, 15) is 4.79 Å². The molecule has 1 aliphatic rings. The Bertz CT molecular complexity index is 504. The molecule has 2 atom stereocenters. The maximum Gasteiger partial charge on any atom is 0.225 e. The van der Waals surface area contributed by atoms with E-state index in [1.165, 1.54) is 0 Å². The van der Waals surface area contributed by atoms with Crippen LogP contribution < -0.4 is 11.1 Å². The molecule has 1 amide bonds. The van der Waals surface area contributed by atoms with Gasteiger partial charge in [-0.05, 0) is 33.6 Å². The Hall–Kier alpha value is -1.36. The molecular weight excluding hydrogens is 252 g/mol. The maximum atomic E-state index is 12.4. The molecule has 3 N–H and O–H groups in total. The van der Waals surface area contributed by atoms with Crippen molar-refractivity contribution < 1.29 is 4.79 Å². The third-order valence-electron chi connectivity index (χ3n) is 4.67. The second kappa shape index (κ2) is 5.56. The summed E-state index contributed by atoms with van der Waals surface area (Å²) in [5.41, 5.74) is 9.09. The summed E-state index contributed by atoms with van der Waals surface area (Å²) in [7, 11) is 1.92. The highest BCUT2D eigenvalue weighted by Crippen LogP contribution is 2.31. The lowest BCUT2D eigenvalue weighted by atomic mass is 9.74. The average Bonchev–Trinajstić information content (AvgIpc) is 2.60. The van der Waals surface area contributed by atoms with Crippen molar-refractivity contribution in [3.63, 3.8) is 0 Å². The summed E-state index contributed by atoms with van der Waals surface area (Å²) in [6.07, 6.45) is 4.04. The molecule has 20 heavy (non-hydrogen) atoms. The number of amides is 1. The normalized spacial score (nSPS) is 26.6. The van der Waals surface area contributed by atoms with Crippen LogP contribution in [-0.2, 0) is 18.4 Å². The fourth-order valence-electron chi connectivity index (χ4n) is 3.16. The number of aromatic nitrogens is 2. The molecule has 5 nitrogen and oxygen atoms in total. The van der Waals surface area contributed by atoms with Crippen LogP contribution in [0.3, 0.4) is 0 Å². The number of carbonyl (C=O) groups excluding carboxylic acids is 1. The van der Waals surface area contributed by atoms with Gasteiger partial charge < -0.3 is 11.1 Å². The largest absolute Gasteiger partial charge is 0.352 e. The molecule has 0 saturated heterocycles. The lowest BCUT2D eigenvalue weighted by Gasteiger charge is -2.37.